The first-order chi connectivity index (χ1) is 6.21. The molecule has 1 N–H and O–H groups in total. The molecule has 0 saturated carbocycles. The Balaban J connectivity index is 2.22. The Morgan fingerprint density at radius 3 is 2.62 bits per heavy atom. The van der Waals surface area contributed by atoms with Gasteiger partial charge in [-0.25, -0.2) is 4.98 Å². The van der Waals surface area contributed by atoms with Gasteiger partial charge in [0.25, 0.3) is 0 Å². The maximum atomic E-state index is 4.49. The van der Waals surface area contributed by atoms with Gasteiger partial charge in [0.15, 0.2) is 0 Å². The van der Waals surface area contributed by atoms with Gasteiger partial charge in [0, 0.05) is 5.41 Å². The van der Waals surface area contributed by atoms with Crippen molar-refractivity contribution in [1.82, 2.24) is 14.7 Å². The Bertz CT molecular complexity index is 289. The van der Waals surface area contributed by atoms with Crippen LogP contribution >= 0.6 is 11.5 Å². The van der Waals surface area contributed by atoms with Gasteiger partial charge in [0.05, 0.1) is 0 Å². The number of nitrogens with zero attached hydrogens (tertiary/aromatic N) is 2. The average Bonchev–Trinajstić information content (AvgIpc) is 2.54. The second-order valence-electron chi connectivity index (χ2n) is 3.95. The second-order valence-corrected chi connectivity index (χ2v) is 4.90. The van der Waals surface area contributed by atoms with Gasteiger partial charge in [0.2, 0.25) is 0 Å². The first-order valence-corrected chi connectivity index (χ1v) is 5.50. The van der Waals surface area contributed by atoms with Crippen LogP contribution in [0.5, 0.6) is 0 Å². The summed E-state index contributed by atoms with van der Waals surface area (Å²) in [6.07, 6.45) is 2.31. The summed E-state index contributed by atoms with van der Waals surface area (Å²) in [4.78, 5) is 4.49. The Morgan fingerprint density at radius 1 is 1.38 bits per heavy atom. The molecule has 0 aliphatic carbocycles. The van der Waals surface area contributed by atoms with E-state index in [1.54, 1.807) is 0 Å². The average molecular weight is 197 g/mol. The van der Waals surface area contributed by atoms with E-state index in [-0.39, 0.29) is 5.41 Å². The Morgan fingerprint density at radius 2 is 2.08 bits per heavy atom. The molecule has 0 radical (unpaired) electrons. The van der Waals surface area contributed by atoms with E-state index in [4.69, 9.17) is 0 Å². The summed E-state index contributed by atoms with van der Waals surface area (Å²) in [6, 6.07) is 0. The van der Waals surface area contributed by atoms with Crippen LogP contribution < -0.4 is 5.32 Å². The van der Waals surface area contributed by atoms with Crippen LogP contribution in [-0.2, 0) is 5.41 Å². The van der Waals surface area contributed by atoms with Crippen LogP contribution in [0.3, 0.4) is 0 Å². The molecule has 13 heavy (non-hydrogen) atoms. The van der Waals surface area contributed by atoms with Gasteiger partial charge in [-0.1, -0.05) is 6.92 Å². The Kier molecular flexibility index (Phi) is 2.34. The summed E-state index contributed by atoms with van der Waals surface area (Å²) in [5.41, 5.74) is 0.218. The van der Waals surface area contributed by atoms with Gasteiger partial charge in [-0.15, -0.1) is 0 Å². The van der Waals surface area contributed by atoms with Gasteiger partial charge >= 0.3 is 0 Å². The predicted octanol–water partition coefficient (Wildman–Crippen LogP) is 1.49. The van der Waals surface area contributed by atoms with E-state index in [2.05, 4.69) is 21.6 Å². The lowest BCUT2D eigenvalue weighted by atomic mass is 9.80. The zero-order chi connectivity index (χ0) is 9.31. The standard InChI is InChI=1S/C9H15N3S/c1-7-11-8(12-13-7)9(2)3-5-10-6-4-9/h10H,3-6H2,1-2H3. The summed E-state index contributed by atoms with van der Waals surface area (Å²) >= 11 is 1.52. The lowest BCUT2D eigenvalue weighted by Gasteiger charge is -2.31. The van der Waals surface area contributed by atoms with E-state index in [0.717, 1.165) is 36.8 Å². The molecular formula is C9H15N3S. The van der Waals surface area contributed by atoms with Crippen molar-refractivity contribution in [2.45, 2.75) is 32.1 Å². The molecule has 1 aromatic heterocycles. The van der Waals surface area contributed by atoms with E-state index in [9.17, 15) is 0 Å². The van der Waals surface area contributed by atoms with E-state index >= 15 is 0 Å². The van der Waals surface area contributed by atoms with Crippen molar-refractivity contribution in [3.05, 3.63) is 10.8 Å². The van der Waals surface area contributed by atoms with Gasteiger partial charge in [0.1, 0.15) is 10.8 Å². The zero-order valence-corrected chi connectivity index (χ0v) is 8.95. The maximum Gasteiger partial charge on any atom is 0.148 e. The van der Waals surface area contributed by atoms with Gasteiger partial charge in [-0.05, 0) is 44.4 Å². The van der Waals surface area contributed by atoms with Gasteiger partial charge < -0.3 is 5.32 Å². The molecule has 3 nitrogen and oxygen atoms in total. The summed E-state index contributed by atoms with van der Waals surface area (Å²) in [6.45, 7) is 6.48. The molecule has 1 aliphatic rings. The Hall–Kier alpha value is -0.480. The van der Waals surface area contributed by atoms with Crippen molar-refractivity contribution in [3.63, 3.8) is 0 Å². The molecule has 1 aliphatic heterocycles. The number of hydrogen-bond donors (Lipinski definition) is 1. The maximum absolute atomic E-state index is 4.49. The third-order valence-corrected chi connectivity index (χ3v) is 3.39. The Labute approximate surface area is 82.8 Å². The van der Waals surface area contributed by atoms with E-state index in [0.29, 0.717) is 0 Å². The molecule has 0 atom stereocenters. The van der Waals surface area contributed by atoms with Crippen molar-refractivity contribution < 1.29 is 0 Å². The number of nitrogens with one attached hydrogen (secondary N) is 1. The van der Waals surface area contributed by atoms with Gasteiger partial charge in [-0.2, -0.15) is 4.37 Å². The largest absolute Gasteiger partial charge is 0.317 e. The predicted molar refractivity (Wildman–Crippen MR) is 54.1 cm³/mol. The van der Waals surface area contributed by atoms with Crippen molar-refractivity contribution in [2.24, 2.45) is 0 Å². The molecule has 0 bridgehead atoms. The lowest BCUT2D eigenvalue weighted by molar-refractivity contribution is 0.321. The molecule has 2 rings (SSSR count). The highest BCUT2D eigenvalue weighted by molar-refractivity contribution is 7.05. The van der Waals surface area contributed by atoms with Crippen molar-refractivity contribution in [1.29, 1.82) is 0 Å². The van der Waals surface area contributed by atoms with Crippen molar-refractivity contribution in [2.75, 3.05) is 13.1 Å². The molecule has 0 spiro atoms. The minimum atomic E-state index is 0.218. The number of aromatic nitrogens is 2. The summed E-state index contributed by atoms with van der Waals surface area (Å²) < 4.78 is 4.41. The third-order valence-electron chi connectivity index (χ3n) is 2.77. The minimum Gasteiger partial charge on any atom is -0.317 e. The molecule has 1 fully saturated rings. The van der Waals surface area contributed by atoms with E-state index < -0.39 is 0 Å². The molecule has 4 heteroatoms. The molecule has 72 valence electrons. The molecule has 0 aromatic carbocycles. The highest BCUT2D eigenvalue weighted by Crippen LogP contribution is 2.31. The first kappa shape index (κ1) is 9.09. The second kappa shape index (κ2) is 3.35. The fourth-order valence-corrected chi connectivity index (χ4v) is 2.35. The SMILES string of the molecule is Cc1nc(C2(C)CCNCC2)ns1. The molecular weight excluding hydrogens is 182 g/mol. The minimum absolute atomic E-state index is 0.218. The number of rotatable bonds is 1. The van der Waals surface area contributed by atoms with Crippen LogP contribution in [0.4, 0.5) is 0 Å². The fourth-order valence-electron chi connectivity index (χ4n) is 1.75. The highest BCUT2D eigenvalue weighted by Gasteiger charge is 2.32. The van der Waals surface area contributed by atoms with Crippen LogP contribution in [0.1, 0.15) is 30.6 Å². The van der Waals surface area contributed by atoms with Crippen molar-refractivity contribution in [3.8, 4) is 0 Å². The lowest BCUT2D eigenvalue weighted by Crippen LogP contribution is -2.38. The summed E-state index contributed by atoms with van der Waals surface area (Å²) in [5.74, 6) is 1.05. The van der Waals surface area contributed by atoms with E-state index in [1.807, 2.05) is 6.92 Å². The molecule has 0 unspecified atom stereocenters. The number of piperidine rings is 1. The topological polar surface area (TPSA) is 37.8 Å². The normalized spacial score (nSPS) is 21.7. The molecule has 1 aromatic rings. The monoisotopic (exact) mass is 197 g/mol. The zero-order valence-electron chi connectivity index (χ0n) is 8.13. The molecule has 0 amide bonds. The summed E-state index contributed by atoms with van der Waals surface area (Å²) in [7, 11) is 0. The highest BCUT2D eigenvalue weighted by atomic mass is 32.1. The quantitative estimate of drug-likeness (QED) is 0.741. The van der Waals surface area contributed by atoms with Crippen LogP contribution in [0.15, 0.2) is 0 Å². The fraction of sp³-hybridized carbons (Fsp3) is 0.778. The number of hydrogen-bond acceptors (Lipinski definition) is 4. The molecule has 2 heterocycles. The van der Waals surface area contributed by atoms with Crippen LogP contribution in [0, 0.1) is 6.92 Å². The van der Waals surface area contributed by atoms with Gasteiger partial charge in [-0.3, -0.25) is 0 Å². The van der Waals surface area contributed by atoms with Crippen molar-refractivity contribution >= 4 is 11.5 Å². The third kappa shape index (κ3) is 1.74. The molecule has 1 saturated heterocycles. The van der Waals surface area contributed by atoms with E-state index in [1.165, 1.54) is 11.5 Å². The number of aryl methyl sites for hydroxylation is 1. The first-order valence-electron chi connectivity index (χ1n) is 4.72. The smallest absolute Gasteiger partial charge is 0.148 e. The van der Waals surface area contributed by atoms with Crippen LogP contribution in [-0.4, -0.2) is 22.4 Å². The van der Waals surface area contributed by atoms with Crippen LogP contribution in [0.2, 0.25) is 0 Å². The van der Waals surface area contributed by atoms with Crippen LogP contribution in [0.25, 0.3) is 0 Å². The summed E-state index contributed by atoms with van der Waals surface area (Å²) in [5, 5.41) is 4.44.